The van der Waals surface area contributed by atoms with Crippen LogP contribution in [0.5, 0.6) is 0 Å². The molecule has 1 aliphatic heterocycles. The first-order valence-electron chi connectivity index (χ1n) is 9.50. The molecule has 0 atom stereocenters. The monoisotopic (exact) mass is 451 g/mol. The number of benzene rings is 2. The molecular weight excluding hydrogens is 431 g/mol. The molecule has 2 aromatic rings. The number of carbonyl (C=O) groups excluding carboxylic acids is 1. The number of nitrogens with zero attached hydrogens (tertiary/aromatic N) is 3. The standard InChI is InChI=1S/C21H20F3N3O3S/c1-26(17-6-4-5-15(13-17)14-25)20(28)16-9-11-27(12-10-16)31(29,30)19-8-3-2-7-18(19)21(22,23)24/h2-8,13,16H,9-12H2,1H3. The third-order valence-corrected chi connectivity index (χ3v) is 7.26. The molecule has 2 aromatic carbocycles. The number of piperidine rings is 1. The van der Waals surface area contributed by atoms with E-state index in [1.165, 1.54) is 11.0 Å². The lowest BCUT2D eigenvalue weighted by Gasteiger charge is -2.33. The highest BCUT2D eigenvalue weighted by atomic mass is 32.2. The summed E-state index contributed by atoms with van der Waals surface area (Å²) < 4.78 is 66.5. The third kappa shape index (κ3) is 4.73. The van der Waals surface area contributed by atoms with E-state index in [9.17, 15) is 26.4 Å². The van der Waals surface area contributed by atoms with Gasteiger partial charge in [0, 0.05) is 31.7 Å². The molecule has 1 amide bonds. The van der Waals surface area contributed by atoms with Crippen LogP contribution in [-0.2, 0) is 21.0 Å². The third-order valence-electron chi connectivity index (χ3n) is 5.31. The Labute approximate surface area is 178 Å². The predicted molar refractivity (Wildman–Crippen MR) is 107 cm³/mol. The van der Waals surface area contributed by atoms with Gasteiger partial charge in [-0.05, 0) is 43.2 Å². The molecule has 0 aromatic heterocycles. The van der Waals surface area contributed by atoms with Crippen LogP contribution in [0.15, 0.2) is 53.4 Å². The first-order valence-corrected chi connectivity index (χ1v) is 10.9. The molecule has 10 heteroatoms. The Morgan fingerprint density at radius 3 is 2.39 bits per heavy atom. The summed E-state index contributed by atoms with van der Waals surface area (Å²) in [6.45, 7) is -0.117. The second-order valence-electron chi connectivity index (χ2n) is 7.23. The summed E-state index contributed by atoms with van der Waals surface area (Å²) in [6.07, 6.45) is -4.41. The molecule has 0 bridgehead atoms. The summed E-state index contributed by atoms with van der Waals surface area (Å²) in [5, 5.41) is 9.01. The van der Waals surface area contributed by atoms with Crippen LogP contribution in [0.3, 0.4) is 0 Å². The number of hydrogen-bond donors (Lipinski definition) is 0. The molecule has 0 radical (unpaired) electrons. The SMILES string of the molecule is CN(C(=O)C1CCN(S(=O)(=O)c2ccccc2C(F)(F)F)CC1)c1cccc(C#N)c1. The normalized spacial score (nSPS) is 16.0. The van der Waals surface area contributed by atoms with Crippen LogP contribution in [-0.4, -0.2) is 38.8 Å². The first kappa shape index (κ1) is 22.8. The van der Waals surface area contributed by atoms with E-state index >= 15 is 0 Å². The van der Waals surface area contributed by atoms with Crippen molar-refractivity contribution in [2.24, 2.45) is 5.92 Å². The van der Waals surface area contributed by atoms with Gasteiger partial charge in [0.15, 0.2) is 0 Å². The van der Waals surface area contributed by atoms with Crippen molar-refractivity contribution in [1.82, 2.24) is 4.31 Å². The van der Waals surface area contributed by atoms with Crippen molar-refractivity contribution in [3.63, 3.8) is 0 Å². The molecule has 1 heterocycles. The van der Waals surface area contributed by atoms with Gasteiger partial charge in [0.25, 0.3) is 0 Å². The molecule has 0 saturated carbocycles. The summed E-state index contributed by atoms with van der Waals surface area (Å²) in [5.74, 6) is -0.706. The minimum Gasteiger partial charge on any atom is -0.315 e. The van der Waals surface area contributed by atoms with E-state index in [0.717, 1.165) is 22.5 Å². The van der Waals surface area contributed by atoms with E-state index in [1.807, 2.05) is 6.07 Å². The average Bonchev–Trinajstić information content (AvgIpc) is 2.77. The van der Waals surface area contributed by atoms with Crippen LogP contribution in [0.1, 0.15) is 24.0 Å². The number of amides is 1. The van der Waals surface area contributed by atoms with Crippen LogP contribution in [0.2, 0.25) is 0 Å². The zero-order chi connectivity index (χ0) is 22.8. The minimum atomic E-state index is -4.79. The number of carbonyl (C=O) groups is 1. The van der Waals surface area contributed by atoms with Gasteiger partial charge >= 0.3 is 6.18 Å². The largest absolute Gasteiger partial charge is 0.417 e. The highest BCUT2D eigenvalue weighted by Crippen LogP contribution is 2.36. The lowest BCUT2D eigenvalue weighted by molar-refractivity contribution is -0.139. The number of sulfonamides is 1. The maximum atomic E-state index is 13.3. The van der Waals surface area contributed by atoms with Crippen LogP contribution >= 0.6 is 0 Å². The van der Waals surface area contributed by atoms with Crippen molar-refractivity contribution in [3.05, 3.63) is 59.7 Å². The molecular formula is C21H20F3N3O3S. The smallest absolute Gasteiger partial charge is 0.315 e. The minimum absolute atomic E-state index is 0.0585. The van der Waals surface area contributed by atoms with Gasteiger partial charge in [-0.25, -0.2) is 8.42 Å². The molecule has 1 saturated heterocycles. The zero-order valence-electron chi connectivity index (χ0n) is 16.6. The summed E-state index contributed by atoms with van der Waals surface area (Å²) in [6, 6.07) is 12.6. The lowest BCUT2D eigenvalue weighted by Crippen LogP contribution is -2.43. The Morgan fingerprint density at radius 2 is 1.77 bits per heavy atom. The number of alkyl halides is 3. The van der Waals surface area contributed by atoms with Crippen LogP contribution < -0.4 is 4.90 Å². The number of anilines is 1. The molecule has 1 fully saturated rings. The summed E-state index contributed by atoms with van der Waals surface area (Å²) in [4.78, 5) is 13.5. The van der Waals surface area contributed by atoms with Crippen molar-refractivity contribution >= 4 is 21.6 Å². The average molecular weight is 451 g/mol. The van der Waals surface area contributed by atoms with Gasteiger partial charge in [0.2, 0.25) is 15.9 Å². The van der Waals surface area contributed by atoms with Gasteiger partial charge in [0.1, 0.15) is 0 Å². The Morgan fingerprint density at radius 1 is 1.13 bits per heavy atom. The topological polar surface area (TPSA) is 81.5 Å². The maximum absolute atomic E-state index is 13.3. The maximum Gasteiger partial charge on any atom is 0.417 e. The molecule has 164 valence electrons. The Kier molecular flexibility index (Phi) is 6.38. The van der Waals surface area contributed by atoms with Gasteiger partial charge in [-0.3, -0.25) is 4.79 Å². The molecule has 6 nitrogen and oxygen atoms in total. The number of nitriles is 1. The van der Waals surface area contributed by atoms with Crippen LogP contribution in [0.4, 0.5) is 18.9 Å². The second-order valence-corrected chi connectivity index (χ2v) is 9.14. The lowest BCUT2D eigenvalue weighted by atomic mass is 9.96. The number of rotatable bonds is 4. The Balaban J connectivity index is 1.73. The first-order chi connectivity index (χ1) is 14.6. The number of hydrogen-bond acceptors (Lipinski definition) is 4. The van der Waals surface area contributed by atoms with Crippen molar-refractivity contribution < 1.29 is 26.4 Å². The molecule has 31 heavy (non-hydrogen) atoms. The van der Waals surface area contributed by atoms with E-state index in [0.29, 0.717) is 11.3 Å². The Hall–Kier alpha value is -2.90. The van der Waals surface area contributed by atoms with Crippen molar-refractivity contribution in [2.45, 2.75) is 23.9 Å². The fourth-order valence-corrected chi connectivity index (χ4v) is 5.28. The summed E-state index contributed by atoms with van der Waals surface area (Å²) >= 11 is 0. The van der Waals surface area contributed by atoms with E-state index < -0.39 is 32.6 Å². The predicted octanol–water partition coefficient (Wildman–Crippen LogP) is 3.64. The molecule has 0 N–H and O–H groups in total. The van der Waals surface area contributed by atoms with Gasteiger partial charge in [0.05, 0.1) is 22.1 Å². The molecule has 0 unspecified atom stereocenters. The van der Waals surface area contributed by atoms with E-state index in [4.69, 9.17) is 5.26 Å². The van der Waals surface area contributed by atoms with E-state index in [2.05, 4.69) is 0 Å². The van der Waals surface area contributed by atoms with Crippen LogP contribution in [0, 0.1) is 17.2 Å². The quantitative estimate of drug-likeness (QED) is 0.711. The summed E-state index contributed by atoms with van der Waals surface area (Å²) in [5.41, 5.74) is -0.259. The van der Waals surface area contributed by atoms with Gasteiger partial charge < -0.3 is 4.90 Å². The fourth-order valence-electron chi connectivity index (χ4n) is 3.59. The fraction of sp³-hybridized carbons (Fsp3) is 0.333. The highest BCUT2D eigenvalue weighted by Gasteiger charge is 2.40. The highest BCUT2D eigenvalue weighted by molar-refractivity contribution is 7.89. The Bertz CT molecular complexity index is 1120. The second kappa shape index (κ2) is 8.69. The van der Waals surface area contributed by atoms with Gasteiger partial charge in [-0.2, -0.15) is 22.7 Å². The summed E-state index contributed by atoms with van der Waals surface area (Å²) in [7, 11) is -2.78. The van der Waals surface area contributed by atoms with Crippen molar-refractivity contribution in [3.8, 4) is 6.07 Å². The van der Waals surface area contributed by atoms with Gasteiger partial charge in [-0.1, -0.05) is 18.2 Å². The molecule has 3 rings (SSSR count). The number of halogens is 3. The molecule has 1 aliphatic rings. The molecule has 0 aliphatic carbocycles. The molecule has 0 spiro atoms. The van der Waals surface area contributed by atoms with Crippen molar-refractivity contribution in [1.29, 1.82) is 5.26 Å². The van der Waals surface area contributed by atoms with Crippen molar-refractivity contribution in [2.75, 3.05) is 25.0 Å². The van der Waals surface area contributed by atoms with E-state index in [-0.39, 0.29) is 31.8 Å². The van der Waals surface area contributed by atoms with Crippen LogP contribution in [0.25, 0.3) is 0 Å². The van der Waals surface area contributed by atoms with Gasteiger partial charge in [-0.15, -0.1) is 0 Å². The zero-order valence-corrected chi connectivity index (χ0v) is 17.4. The van der Waals surface area contributed by atoms with E-state index in [1.54, 1.807) is 31.3 Å².